The lowest BCUT2D eigenvalue weighted by molar-refractivity contribution is -0.135. The van der Waals surface area contributed by atoms with E-state index in [9.17, 15) is 9.59 Å². The predicted molar refractivity (Wildman–Crippen MR) is 104 cm³/mol. The third-order valence-electron chi connectivity index (χ3n) is 2.78. The highest BCUT2D eigenvalue weighted by Gasteiger charge is 2.25. The Morgan fingerprint density at radius 2 is 2.31 bits per heavy atom. The summed E-state index contributed by atoms with van der Waals surface area (Å²) in [6, 6.07) is 3.36. The monoisotopic (exact) mass is 455 g/mol. The average Bonchev–Trinajstić information content (AvgIpc) is 2.93. The van der Waals surface area contributed by atoms with E-state index < -0.39 is 11.9 Å². The molecule has 0 unspecified atom stereocenters. The number of nitrogens with one attached hydrogen (secondary N) is 1. The van der Waals surface area contributed by atoms with Crippen molar-refractivity contribution in [2.24, 2.45) is 10.2 Å². The first-order chi connectivity index (χ1) is 12.4. The van der Waals surface area contributed by atoms with E-state index in [0.717, 1.165) is 17.8 Å². The van der Waals surface area contributed by atoms with Crippen LogP contribution in [0.4, 0.5) is 0 Å². The fraction of sp³-hybridized carbons (Fsp3) is 0.125. The minimum absolute atomic E-state index is 0.0950. The molecule has 7 nitrogen and oxygen atoms in total. The molecule has 134 valence electrons. The van der Waals surface area contributed by atoms with Crippen molar-refractivity contribution in [1.82, 2.24) is 5.32 Å². The van der Waals surface area contributed by atoms with Gasteiger partial charge in [-0.25, -0.2) is 4.79 Å². The number of esters is 1. The summed E-state index contributed by atoms with van der Waals surface area (Å²) in [6.07, 6.45) is 7.68. The number of halogens is 2. The highest BCUT2D eigenvalue weighted by molar-refractivity contribution is 9.10. The molecule has 1 amide bonds. The molecular formula is C16H11BrClN3O4S. The molecule has 0 bridgehead atoms. The lowest BCUT2D eigenvalue weighted by Crippen LogP contribution is -2.19. The second kappa shape index (κ2) is 9.43. The topological polar surface area (TPSA) is 89.4 Å². The molecule has 1 aromatic rings. The van der Waals surface area contributed by atoms with Crippen molar-refractivity contribution in [2.45, 2.75) is 0 Å². The SMILES string of the molecule is C#CCOc1c(Cl)cc(C=N/N=C2/NC(=O)/C(=C\C(=O)OC)S2)cc1Br. The van der Waals surface area contributed by atoms with E-state index in [4.69, 9.17) is 22.8 Å². The van der Waals surface area contributed by atoms with Gasteiger partial charge in [-0.05, 0) is 45.4 Å². The average molecular weight is 457 g/mol. The molecule has 26 heavy (non-hydrogen) atoms. The van der Waals surface area contributed by atoms with Crippen molar-refractivity contribution >= 4 is 62.6 Å². The molecule has 1 aliphatic heterocycles. The highest BCUT2D eigenvalue weighted by atomic mass is 79.9. The number of ether oxygens (including phenoxy) is 2. The van der Waals surface area contributed by atoms with Crippen LogP contribution in [0.1, 0.15) is 5.56 Å². The Hall–Kier alpha value is -2.28. The first-order valence-corrected chi connectivity index (χ1v) is 8.88. The zero-order valence-electron chi connectivity index (χ0n) is 13.3. The Labute approximate surface area is 167 Å². The molecule has 0 atom stereocenters. The molecule has 1 fully saturated rings. The van der Waals surface area contributed by atoms with Gasteiger partial charge in [0, 0.05) is 6.08 Å². The number of amides is 1. The molecule has 1 heterocycles. The van der Waals surface area contributed by atoms with E-state index in [2.05, 4.69) is 42.1 Å². The summed E-state index contributed by atoms with van der Waals surface area (Å²) < 4.78 is 10.4. The van der Waals surface area contributed by atoms with Crippen LogP contribution in [0.5, 0.6) is 5.75 Å². The number of benzene rings is 1. The first kappa shape index (κ1) is 20.0. The number of thioether (sulfide) groups is 1. The Kier molecular flexibility index (Phi) is 7.26. The second-order valence-electron chi connectivity index (χ2n) is 4.54. The van der Waals surface area contributed by atoms with Crippen LogP contribution < -0.4 is 10.1 Å². The maximum Gasteiger partial charge on any atom is 0.331 e. The van der Waals surface area contributed by atoms with E-state index in [1.807, 2.05) is 0 Å². The number of hydrogen-bond acceptors (Lipinski definition) is 7. The van der Waals surface area contributed by atoms with Gasteiger partial charge in [0.25, 0.3) is 5.91 Å². The van der Waals surface area contributed by atoms with Gasteiger partial charge in [-0.1, -0.05) is 17.5 Å². The van der Waals surface area contributed by atoms with Crippen molar-refractivity contribution in [3.8, 4) is 18.1 Å². The Morgan fingerprint density at radius 3 is 2.96 bits per heavy atom. The molecule has 0 spiro atoms. The van der Waals surface area contributed by atoms with Gasteiger partial charge in [-0.3, -0.25) is 10.1 Å². The van der Waals surface area contributed by atoms with Crippen molar-refractivity contribution in [3.63, 3.8) is 0 Å². The van der Waals surface area contributed by atoms with E-state index in [1.165, 1.54) is 13.3 Å². The summed E-state index contributed by atoms with van der Waals surface area (Å²) in [5.41, 5.74) is 0.652. The minimum atomic E-state index is -0.626. The van der Waals surface area contributed by atoms with E-state index >= 15 is 0 Å². The predicted octanol–water partition coefficient (Wildman–Crippen LogP) is 2.72. The van der Waals surface area contributed by atoms with Gasteiger partial charge in [0.2, 0.25) is 0 Å². The summed E-state index contributed by atoms with van der Waals surface area (Å²) in [6.45, 7) is 0.0950. The minimum Gasteiger partial charge on any atom is -0.478 e. The first-order valence-electron chi connectivity index (χ1n) is 6.89. The van der Waals surface area contributed by atoms with Gasteiger partial charge < -0.3 is 9.47 Å². The van der Waals surface area contributed by atoms with Crippen LogP contribution in [0.15, 0.2) is 37.8 Å². The summed E-state index contributed by atoms with van der Waals surface area (Å²) in [4.78, 5) is 23.0. The van der Waals surface area contributed by atoms with Crippen LogP contribution in [0.25, 0.3) is 0 Å². The van der Waals surface area contributed by atoms with Gasteiger partial charge >= 0.3 is 5.97 Å². The smallest absolute Gasteiger partial charge is 0.331 e. The lowest BCUT2D eigenvalue weighted by atomic mass is 10.2. The van der Waals surface area contributed by atoms with E-state index in [-0.39, 0.29) is 16.7 Å². The third kappa shape index (κ3) is 5.36. The number of carbonyl (C=O) groups excluding carboxylic acids is 2. The van der Waals surface area contributed by atoms with Crippen LogP contribution in [0.2, 0.25) is 5.02 Å². The number of nitrogens with zero attached hydrogens (tertiary/aromatic N) is 2. The van der Waals surface area contributed by atoms with E-state index in [1.54, 1.807) is 12.1 Å². The molecule has 10 heteroatoms. The van der Waals surface area contributed by atoms with Crippen LogP contribution in [-0.4, -0.2) is 37.0 Å². The van der Waals surface area contributed by atoms with Crippen molar-refractivity contribution in [2.75, 3.05) is 13.7 Å². The number of amidine groups is 1. The summed E-state index contributed by atoms with van der Waals surface area (Å²) >= 11 is 10.5. The maximum absolute atomic E-state index is 11.7. The summed E-state index contributed by atoms with van der Waals surface area (Å²) in [7, 11) is 1.22. The Morgan fingerprint density at radius 1 is 1.54 bits per heavy atom. The quantitative estimate of drug-likeness (QED) is 0.242. The summed E-state index contributed by atoms with van der Waals surface area (Å²) in [5, 5.41) is 10.9. The molecule has 1 aliphatic rings. The molecule has 1 N–H and O–H groups in total. The Bertz CT molecular complexity index is 854. The maximum atomic E-state index is 11.7. The molecule has 2 rings (SSSR count). The molecule has 1 aromatic carbocycles. The van der Waals surface area contributed by atoms with Crippen molar-refractivity contribution in [3.05, 3.63) is 38.2 Å². The Balaban J connectivity index is 2.10. The second-order valence-corrected chi connectivity index (χ2v) is 6.84. The molecular weight excluding hydrogens is 446 g/mol. The standard InChI is InChI=1S/C16H11BrClN3O4S/c1-3-4-25-14-10(17)5-9(6-11(14)18)8-19-21-16-20-15(23)12(26-16)7-13(22)24-2/h1,5-8H,4H2,2H3,(H,20,21,23)/b12-7+,19-8?. The fourth-order valence-corrected chi connectivity index (χ4v) is 3.42. The molecule has 1 saturated heterocycles. The fourth-order valence-electron chi connectivity index (χ4n) is 1.69. The van der Waals surface area contributed by atoms with Crippen LogP contribution in [0.3, 0.4) is 0 Å². The molecule has 0 aromatic heterocycles. The number of hydrogen-bond donors (Lipinski definition) is 1. The summed E-state index contributed by atoms with van der Waals surface area (Å²) in [5.74, 6) is 1.72. The molecule has 0 saturated carbocycles. The third-order valence-corrected chi connectivity index (χ3v) is 4.55. The van der Waals surface area contributed by atoms with E-state index in [0.29, 0.717) is 20.8 Å². The van der Waals surface area contributed by atoms with Crippen LogP contribution >= 0.6 is 39.3 Å². The van der Waals surface area contributed by atoms with Gasteiger partial charge in [-0.15, -0.1) is 11.5 Å². The number of terminal acetylenes is 1. The van der Waals surface area contributed by atoms with Gasteiger partial charge in [-0.2, -0.15) is 5.10 Å². The van der Waals surface area contributed by atoms with Crippen LogP contribution in [-0.2, 0) is 14.3 Å². The van der Waals surface area contributed by atoms with Crippen molar-refractivity contribution < 1.29 is 19.1 Å². The highest BCUT2D eigenvalue weighted by Crippen LogP contribution is 2.34. The number of methoxy groups -OCH3 is 1. The van der Waals surface area contributed by atoms with Gasteiger partial charge in [0.15, 0.2) is 10.9 Å². The molecule has 0 radical (unpaired) electrons. The van der Waals surface area contributed by atoms with Gasteiger partial charge in [0.1, 0.15) is 6.61 Å². The van der Waals surface area contributed by atoms with Crippen molar-refractivity contribution in [1.29, 1.82) is 0 Å². The zero-order valence-corrected chi connectivity index (χ0v) is 16.4. The molecule has 0 aliphatic carbocycles. The normalized spacial score (nSPS) is 16.8. The largest absolute Gasteiger partial charge is 0.478 e. The number of rotatable bonds is 5. The van der Waals surface area contributed by atoms with Crippen LogP contribution in [0, 0.1) is 12.3 Å². The van der Waals surface area contributed by atoms with Gasteiger partial charge in [0.05, 0.1) is 27.7 Å². The number of carbonyl (C=O) groups is 2. The lowest BCUT2D eigenvalue weighted by Gasteiger charge is -2.08. The zero-order chi connectivity index (χ0) is 19.1.